The fraction of sp³-hybridized carbons (Fsp3) is 0.414. The Hall–Kier alpha value is -3.65. The normalized spacial score (nSPS) is 17.0. The first kappa shape index (κ1) is 25.0. The summed E-state index contributed by atoms with van der Waals surface area (Å²) < 4.78 is 6.38. The average Bonchev–Trinajstić information content (AvgIpc) is 3.33. The number of carbonyl (C=O) groups excluding carboxylic acids is 1. The Morgan fingerprint density at radius 1 is 1.19 bits per heavy atom. The van der Waals surface area contributed by atoms with Crippen LogP contribution in [-0.4, -0.2) is 48.2 Å². The number of hydrogen-bond acceptors (Lipinski definition) is 6. The number of pyridine rings is 2. The molecule has 8 nitrogen and oxygen atoms in total. The Morgan fingerprint density at radius 2 is 1.97 bits per heavy atom. The summed E-state index contributed by atoms with van der Waals surface area (Å²) in [6.07, 6.45) is 2.69. The molecule has 0 aliphatic carbocycles. The maximum atomic E-state index is 13.3. The lowest BCUT2D eigenvalue weighted by Crippen LogP contribution is -2.43. The number of nitrogens with zero attached hydrogens (tertiary/aromatic N) is 2. The lowest BCUT2D eigenvalue weighted by Gasteiger charge is -2.28. The Kier molecular flexibility index (Phi) is 7.02. The molecule has 3 N–H and O–H groups in total. The minimum Gasteiger partial charge on any atom is -0.489 e. The van der Waals surface area contributed by atoms with Gasteiger partial charge in [-0.3, -0.25) is 9.59 Å². The van der Waals surface area contributed by atoms with Gasteiger partial charge >= 0.3 is 0 Å². The van der Waals surface area contributed by atoms with Crippen LogP contribution in [0.15, 0.2) is 41.3 Å². The van der Waals surface area contributed by atoms with Gasteiger partial charge in [0, 0.05) is 73.3 Å². The number of fused-ring (bicyclic) bond motifs is 1. The fourth-order valence-corrected chi connectivity index (χ4v) is 5.11. The molecular formula is C29H35N5O3. The van der Waals surface area contributed by atoms with E-state index in [0.717, 1.165) is 72.1 Å². The molecule has 0 saturated carbocycles. The van der Waals surface area contributed by atoms with E-state index in [9.17, 15) is 9.59 Å². The Labute approximate surface area is 217 Å². The third-order valence-electron chi connectivity index (χ3n) is 7.28. The molecule has 194 valence electrons. The van der Waals surface area contributed by atoms with Crippen LogP contribution in [0.1, 0.15) is 46.6 Å². The first-order valence-electron chi connectivity index (χ1n) is 13.0. The second-order valence-electron chi connectivity index (χ2n) is 10.4. The smallest absolute Gasteiger partial charge is 0.253 e. The van der Waals surface area contributed by atoms with Crippen molar-refractivity contribution in [1.82, 2.24) is 20.6 Å². The zero-order valence-electron chi connectivity index (χ0n) is 22.0. The number of carbonyl (C=O) groups is 1. The summed E-state index contributed by atoms with van der Waals surface area (Å²) in [5.74, 6) is 1.91. The summed E-state index contributed by atoms with van der Waals surface area (Å²) >= 11 is 0. The molecule has 1 unspecified atom stereocenters. The lowest BCUT2D eigenvalue weighted by molar-refractivity contribution is 0.0950. The van der Waals surface area contributed by atoms with E-state index in [1.165, 1.54) is 0 Å². The highest BCUT2D eigenvalue weighted by Gasteiger charge is 2.30. The number of H-pyrrole nitrogens is 1. The van der Waals surface area contributed by atoms with Crippen molar-refractivity contribution in [3.8, 4) is 16.9 Å². The molecule has 5 rings (SSSR count). The van der Waals surface area contributed by atoms with E-state index in [2.05, 4.69) is 40.4 Å². The first-order chi connectivity index (χ1) is 17.8. The predicted molar refractivity (Wildman–Crippen MR) is 145 cm³/mol. The number of nitrogens with one attached hydrogen (secondary N) is 3. The molecule has 2 aliphatic rings. The van der Waals surface area contributed by atoms with Crippen LogP contribution in [0.25, 0.3) is 11.1 Å². The Morgan fingerprint density at radius 3 is 2.65 bits per heavy atom. The molecular weight excluding hydrogens is 466 g/mol. The molecule has 1 atom stereocenters. The molecule has 1 amide bonds. The zero-order valence-corrected chi connectivity index (χ0v) is 22.0. The Balaban J connectivity index is 1.44. The van der Waals surface area contributed by atoms with E-state index in [1.54, 1.807) is 0 Å². The lowest BCUT2D eigenvalue weighted by atomic mass is 9.96. The number of benzene rings is 1. The van der Waals surface area contributed by atoms with Gasteiger partial charge in [-0.15, -0.1) is 0 Å². The Bertz CT molecular complexity index is 1360. The molecule has 1 saturated heterocycles. The third kappa shape index (κ3) is 5.25. The monoisotopic (exact) mass is 501 g/mol. The van der Waals surface area contributed by atoms with Crippen LogP contribution in [0.5, 0.6) is 5.75 Å². The van der Waals surface area contributed by atoms with Crippen molar-refractivity contribution < 1.29 is 9.53 Å². The van der Waals surface area contributed by atoms with E-state index in [4.69, 9.17) is 9.72 Å². The molecule has 3 aromatic rings. The largest absolute Gasteiger partial charge is 0.489 e. The van der Waals surface area contributed by atoms with Gasteiger partial charge in [-0.1, -0.05) is 13.8 Å². The zero-order chi connectivity index (χ0) is 26.1. The van der Waals surface area contributed by atoms with Crippen LogP contribution in [-0.2, 0) is 13.0 Å². The molecule has 2 aromatic heterocycles. The quantitative estimate of drug-likeness (QED) is 0.479. The van der Waals surface area contributed by atoms with E-state index < -0.39 is 0 Å². The molecule has 0 radical (unpaired) electrons. The number of hydrogen-bond donors (Lipinski definition) is 3. The number of anilines is 1. The van der Waals surface area contributed by atoms with Crippen LogP contribution in [0.3, 0.4) is 0 Å². The maximum Gasteiger partial charge on any atom is 0.253 e. The fourth-order valence-electron chi connectivity index (χ4n) is 5.11. The SMILES string of the molecule is Cc1cc(C)c(CNC(=O)c2cc3c(c(-c4ccc(N5CCNCC5)nc4)c2)OC(C(C)C)C3)c(=O)[nH]1. The van der Waals surface area contributed by atoms with Crippen LogP contribution >= 0.6 is 0 Å². The van der Waals surface area contributed by atoms with Gasteiger partial charge < -0.3 is 25.3 Å². The number of piperazine rings is 1. The highest BCUT2D eigenvalue weighted by atomic mass is 16.5. The molecule has 4 heterocycles. The minimum absolute atomic E-state index is 0.0638. The van der Waals surface area contributed by atoms with Crippen LogP contribution in [0.4, 0.5) is 5.82 Å². The predicted octanol–water partition coefficient (Wildman–Crippen LogP) is 3.35. The third-order valence-corrected chi connectivity index (χ3v) is 7.28. The summed E-state index contributed by atoms with van der Waals surface area (Å²) in [6, 6.07) is 9.82. The van der Waals surface area contributed by atoms with Gasteiger partial charge in [-0.05, 0) is 61.2 Å². The average molecular weight is 502 g/mol. The molecule has 0 bridgehead atoms. The van der Waals surface area contributed by atoms with Gasteiger partial charge in [0.25, 0.3) is 11.5 Å². The van der Waals surface area contributed by atoms with Crippen molar-refractivity contribution >= 4 is 11.7 Å². The number of ether oxygens (including phenoxy) is 1. The van der Waals surface area contributed by atoms with Gasteiger partial charge in [0.2, 0.25) is 0 Å². The summed E-state index contributed by atoms with van der Waals surface area (Å²) in [4.78, 5) is 35.5. The van der Waals surface area contributed by atoms with Crippen LogP contribution in [0, 0.1) is 19.8 Å². The van der Waals surface area contributed by atoms with Crippen LogP contribution < -0.4 is 25.8 Å². The van der Waals surface area contributed by atoms with Crippen molar-refractivity contribution in [3.63, 3.8) is 0 Å². The van der Waals surface area contributed by atoms with Crippen molar-refractivity contribution in [2.75, 3.05) is 31.1 Å². The molecule has 2 aliphatic heterocycles. The number of aromatic amines is 1. The standard InChI is InChI=1S/C29H35N5O3/c1-17(2)25-14-21-12-22(28(35)32-16-24-18(3)11-19(4)33-29(24)36)13-23(27(21)37-25)20-5-6-26(31-15-20)34-9-7-30-8-10-34/h5-6,11-13,15,17,25,30H,7-10,14,16H2,1-4H3,(H,32,35)(H,33,36). The van der Waals surface area contributed by atoms with Crippen molar-refractivity contribution in [2.24, 2.45) is 5.92 Å². The highest BCUT2D eigenvalue weighted by Crippen LogP contribution is 2.41. The molecule has 37 heavy (non-hydrogen) atoms. The number of aromatic nitrogens is 2. The topological polar surface area (TPSA) is 99.3 Å². The van der Waals surface area contributed by atoms with Crippen molar-refractivity contribution in [2.45, 2.75) is 46.8 Å². The van der Waals surface area contributed by atoms with E-state index >= 15 is 0 Å². The van der Waals surface area contributed by atoms with Gasteiger partial charge in [0.05, 0.1) is 0 Å². The van der Waals surface area contributed by atoms with Gasteiger partial charge in [0.1, 0.15) is 17.7 Å². The second kappa shape index (κ2) is 10.4. The van der Waals surface area contributed by atoms with E-state index in [1.807, 2.05) is 44.3 Å². The summed E-state index contributed by atoms with van der Waals surface area (Å²) in [5.41, 5.74) is 5.42. The molecule has 1 aromatic carbocycles. The van der Waals surface area contributed by atoms with Crippen LogP contribution in [0.2, 0.25) is 0 Å². The molecule has 0 spiro atoms. The minimum atomic E-state index is -0.221. The summed E-state index contributed by atoms with van der Waals surface area (Å²) in [6.45, 7) is 12.0. The van der Waals surface area contributed by atoms with Crippen molar-refractivity contribution in [3.05, 3.63) is 74.8 Å². The number of amides is 1. The second-order valence-corrected chi connectivity index (χ2v) is 10.4. The van der Waals surface area contributed by atoms with Gasteiger partial charge in [0.15, 0.2) is 0 Å². The van der Waals surface area contributed by atoms with Crippen molar-refractivity contribution in [1.29, 1.82) is 0 Å². The molecule has 8 heteroatoms. The molecule has 1 fully saturated rings. The summed E-state index contributed by atoms with van der Waals surface area (Å²) in [7, 11) is 0. The van der Waals surface area contributed by atoms with Gasteiger partial charge in [-0.2, -0.15) is 0 Å². The highest BCUT2D eigenvalue weighted by molar-refractivity contribution is 5.96. The summed E-state index contributed by atoms with van der Waals surface area (Å²) in [5, 5.41) is 6.31. The van der Waals surface area contributed by atoms with E-state index in [0.29, 0.717) is 17.0 Å². The van der Waals surface area contributed by atoms with Gasteiger partial charge in [-0.25, -0.2) is 4.98 Å². The van der Waals surface area contributed by atoms with E-state index in [-0.39, 0.29) is 24.1 Å². The first-order valence-corrected chi connectivity index (χ1v) is 13.0. The number of rotatable bonds is 6. The number of aryl methyl sites for hydroxylation is 2. The maximum absolute atomic E-state index is 13.3.